The third kappa shape index (κ3) is 5.36. The molecule has 1 aliphatic heterocycles. The first-order valence-electron chi connectivity index (χ1n) is 12.1. The number of likely N-dealkylation sites (N-methyl/N-ethyl adjacent to an activating group) is 1. The van der Waals surface area contributed by atoms with Crippen molar-refractivity contribution in [3.63, 3.8) is 0 Å². The fourth-order valence-electron chi connectivity index (χ4n) is 4.37. The lowest BCUT2D eigenvalue weighted by atomic mass is 10.2. The van der Waals surface area contributed by atoms with Crippen LogP contribution in [0.1, 0.15) is 15.9 Å². The van der Waals surface area contributed by atoms with E-state index in [9.17, 15) is 4.79 Å². The summed E-state index contributed by atoms with van der Waals surface area (Å²) in [5.41, 5.74) is 4.25. The number of aromatic nitrogens is 3. The van der Waals surface area contributed by atoms with Gasteiger partial charge >= 0.3 is 0 Å². The predicted octanol–water partition coefficient (Wildman–Crippen LogP) is 4.10. The van der Waals surface area contributed by atoms with Gasteiger partial charge in [-0.05, 0) is 55.9 Å². The molecule has 0 spiro atoms. The number of carbonyl (C=O) groups excluding carboxylic acids is 1. The van der Waals surface area contributed by atoms with Gasteiger partial charge in [-0.3, -0.25) is 9.69 Å². The number of halogens is 1. The largest absolute Gasteiger partial charge is 0.354 e. The van der Waals surface area contributed by atoms with E-state index in [2.05, 4.69) is 37.6 Å². The number of benzene rings is 2. The van der Waals surface area contributed by atoms with E-state index in [1.165, 1.54) is 0 Å². The molecule has 1 saturated heterocycles. The summed E-state index contributed by atoms with van der Waals surface area (Å²) in [6.45, 7) is 7.65. The summed E-state index contributed by atoms with van der Waals surface area (Å²) < 4.78 is 1.75. The van der Waals surface area contributed by atoms with Crippen molar-refractivity contribution in [2.75, 3.05) is 51.6 Å². The van der Waals surface area contributed by atoms with Gasteiger partial charge in [0.2, 0.25) is 0 Å². The molecule has 8 nitrogen and oxygen atoms in total. The van der Waals surface area contributed by atoms with Crippen LogP contribution in [0.4, 0.5) is 11.4 Å². The van der Waals surface area contributed by atoms with Gasteiger partial charge in [0, 0.05) is 62.1 Å². The zero-order valence-electron chi connectivity index (χ0n) is 20.5. The average Bonchev–Trinajstić information content (AvgIpc) is 3.31. The highest BCUT2D eigenvalue weighted by Gasteiger charge is 2.15. The second-order valence-corrected chi connectivity index (χ2v) is 9.57. The third-order valence-corrected chi connectivity index (χ3v) is 7.07. The number of amides is 1. The predicted molar refractivity (Wildman–Crippen MR) is 145 cm³/mol. The maximum atomic E-state index is 12.8. The summed E-state index contributed by atoms with van der Waals surface area (Å²) in [7, 11) is 2.14. The SMILES string of the molecule is Cc1cccc(Nc2ccc3c(cnn3-c3cc(C(=O)NCCN4CCN(C)CC4)ccn3)c2)c1Cl. The fraction of sp³-hybridized carbons (Fsp3) is 0.296. The Kier molecular flexibility index (Phi) is 7.18. The van der Waals surface area contributed by atoms with Gasteiger partial charge < -0.3 is 15.5 Å². The van der Waals surface area contributed by atoms with Crippen molar-refractivity contribution in [1.82, 2.24) is 29.9 Å². The van der Waals surface area contributed by atoms with Crippen molar-refractivity contribution in [1.29, 1.82) is 0 Å². The number of nitrogens with one attached hydrogen (secondary N) is 2. The molecule has 9 heteroatoms. The van der Waals surface area contributed by atoms with E-state index in [-0.39, 0.29) is 5.91 Å². The van der Waals surface area contributed by atoms with Crippen molar-refractivity contribution in [3.8, 4) is 5.82 Å². The zero-order valence-corrected chi connectivity index (χ0v) is 21.3. The summed E-state index contributed by atoms with van der Waals surface area (Å²) in [6, 6.07) is 15.4. The summed E-state index contributed by atoms with van der Waals surface area (Å²) in [4.78, 5) is 21.9. The Morgan fingerprint density at radius 2 is 1.92 bits per heavy atom. The Morgan fingerprint density at radius 3 is 2.75 bits per heavy atom. The summed E-state index contributed by atoms with van der Waals surface area (Å²) in [5, 5.41) is 12.6. The molecule has 0 saturated carbocycles. The van der Waals surface area contributed by atoms with Gasteiger partial charge in [0.1, 0.15) is 0 Å². The van der Waals surface area contributed by atoms with E-state index >= 15 is 0 Å². The second-order valence-electron chi connectivity index (χ2n) is 9.19. The fourth-order valence-corrected chi connectivity index (χ4v) is 4.54. The molecule has 0 aliphatic carbocycles. The molecule has 1 aliphatic rings. The first kappa shape index (κ1) is 24.2. The van der Waals surface area contributed by atoms with Gasteiger partial charge in [-0.15, -0.1) is 0 Å². The number of hydrogen-bond donors (Lipinski definition) is 2. The number of piperazine rings is 1. The first-order chi connectivity index (χ1) is 17.5. The van der Waals surface area contributed by atoms with Crippen LogP contribution < -0.4 is 10.6 Å². The second kappa shape index (κ2) is 10.7. The van der Waals surface area contributed by atoms with Crippen LogP contribution in [0.15, 0.2) is 60.9 Å². The summed E-state index contributed by atoms with van der Waals surface area (Å²) in [5.74, 6) is 0.491. The molecule has 0 bridgehead atoms. The summed E-state index contributed by atoms with van der Waals surface area (Å²) in [6.07, 6.45) is 3.44. The van der Waals surface area contributed by atoms with Gasteiger partial charge in [-0.2, -0.15) is 5.10 Å². The Hall–Kier alpha value is -3.46. The highest BCUT2D eigenvalue weighted by molar-refractivity contribution is 6.34. The lowest BCUT2D eigenvalue weighted by Gasteiger charge is -2.32. The van der Waals surface area contributed by atoms with E-state index in [0.29, 0.717) is 22.9 Å². The first-order valence-corrected chi connectivity index (χ1v) is 12.5. The number of rotatable bonds is 7. The number of fused-ring (bicyclic) bond motifs is 1. The molecule has 2 N–H and O–H groups in total. The molecule has 2 aromatic heterocycles. The molecule has 186 valence electrons. The van der Waals surface area contributed by atoms with Crippen LogP contribution in [0, 0.1) is 6.92 Å². The molecule has 1 fully saturated rings. The van der Waals surface area contributed by atoms with Gasteiger partial charge in [0.05, 0.1) is 22.4 Å². The van der Waals surface area contributed by atoms with Crippen molar-refractivity contribution in [2.45, 2.75) is 6.92 Å². The highest BCUT2D eigenvalue weighted by Crippen LogP contribution is 2.30. The molecule has 4 aromatic rings. The van der Waals surface area contributed by atoms with Crippen LogP contribution in [-0.4, -0.2) is 76.8 Å². The van der Waals surface area contributed by atoms with Gasteiger partial charge in [0.15, 0.2) is 5.82 Å². The van der Waals surface area contributed by atoms with Crippen LogP contribution in [0.2, 0.25) is 5.02 Å². The maximum Gasteiger partial charge on any atom is 0.251 e. The normalized spacial score (nSPS) is 14.8. The molecule has 2 aromatic carbocycles. The van der Waals surface area contributed by atoms with E-state index in [1.54, 1.807) is 29.2 Å². The van der Waals surface area contributed by atoms with Crippen LogP contribution >= 0.6 is 11.6 Å². The highest BCUT2D eigenvalue weighted by atomic mass is 35.5. The number of pyridine rings is 1. The number of aryl methyl sites for hydroxylation is 1. The molecule has 0 radical (unpaired) electrons. The maximum absolute atomic E-state index is 12.8. The smallest absolute Gasteiger partial charge is 0.251 e. The molecular formula is C27H30ClN7O. The van der Waals surface area contributed by atoms with E-state index in [0.717, 1.165) is 60.6 Å². The Balaban J connectivity index is 1.27. The molecular weight excluding hydrogens is 474 g/mol. The van der Waals surface area contributed by atoms with Gasteiger partial charge in [-0.25, -0.2) is 9.67 Å². The Morgan fingerprint density at radius 1 is 1.08 bits per heavy atom. The van der Waals surface area contributed by atoms with E-state index < -0.39 is 0 Å². The Bertz CT molecular complexity index is 1380. The number of carbonyl (C=O) groups is 1. The van der Waals surface area contributed by atoms with E-state index in [1.807, 2.05) is 43.3 Å². The number of anilines is 2. The molecule has 0 atom stereocenters. The monoisotopic (exact) mass is 503 g/mol. The van der Waals surface area contributed by atoms with Crippen molar-refractivity contribution < 1.29 is 4.79 Å². The third-order valence-electron chi connectivity index (χ3n) is 6.57. The van der Waals surface area contributed by atoms with Crippen molar-refractivity contribution in [3.05, 3.63) is 77.1 Å². The lowest BCUT2D eigenvalue weighted by molar-refractivity contribution is 0.0941. The zero-order chi connectivity index (χ0) is 25.1. The molecule has 3 heterocycles. The minimum Gasteiger partial charge on any atom is -0.354 e. The van der Waals surface area contributed by atoms with Crippen LogP contribution in [0.5, 0.6) is 0 Å². The van der Waals surface area contributed by atoms with Gasteiger partial charge in [0.25, 0.3) is 5.91 Å². The average molecular weight is 504 g/mol. The van der Waals surface area contributed by atoms with Crippen molar-refractivity contribution >= 4 is 39.8 Å². The van der Waals surface area contributed by atoms with Crippen LogP contribution in [-0.2, 0) is 0 Å². The van der Waals surface area contributed by atoms with E-state index in [4.69, 9.17) is 11.6 Å². The van der Waals surface area contributed by atoms with Crippen molar-refractivity contribution in [2.24, 2.45) is 0 Å². The minimum absolute atomic E-state index is 0.106. The Labute approximate surface area is 215 Å². The van der Waals surface area contributed by atoms with Gasteiger partial charge in [-0.1, -0.05) is 23.7 Å². The molecule has 36 heavy (non-hydrogen) atoms. The topological polar surface area (TPSA) is 78.3 Å². The molecule has 0 unspecified atom stereocenters. The number of nitrogens with zero attached hydrogens (tertiary/aromatic N) is 5. The summed E-state index contributed by atoms with van der Waals surface area (Å²) >= 11 is 6.44. The standard InChI is InChI=1S/C27H30ClN7O/c1-19-4-3-5-23(26(19)28)32-22-6-7-24-21(16-22)18-31-35(24)25-17-20(8-9-29-25)27(36)30-10-11-34-14-12-33(2)13-15-34/h3-9,16-18,32H,10-15H2,1-2H3,(H,30,36). The molecule has 1 amide bonds. The quantitative estimate of drug-likeness (QED) is 0.395. The number of hydrogen-bond acceptors (Lipinski definition) is 6. The van der Waals surface area contributed by atoms with Crippen LogP contribution in [0.25, 0.3) is 16.7 Å². The lowest BCUT2D eigenvalue weighted by Crippen LogP contribution is -2.46. The van der Waals surface area contributed by atoms with Crippen LogP contribution in [0.3, 0.4) is 0 Å². The molecule has 5 rings (SSSR count). The minimum atomic E-state index is -0.106.